The van der Waals surface area contributed by atoms with Crippen LogP contribution >= 0.6 is 0 Å². The summed E-state index contributed by atoms with van der Waals surface area (Å²) >= 11 is 0. The second kappa shape index (κ2) is 10.2. The Morgan fingerprint density at radius 2 is 1.62 bits per heavy atom. The predicted molar refractivity (Wildman–Crippen MR) is 116 cm³/mol. The first-order valence-electron chi connectivity index (χ1n) is 10.1. The molecule has 2 aromatic rings. The van der Waals surface area contributed by atoms with Crippen molar-refractivity contribution in [1.82, 2.24) is 9.80 Å². The van der Waals surface area contributed by atoms with Crippen molar-refractivity contribution < 1.29 is 26.8 Å². The highest BCUT2D eigenvalue weighted by molar-refractivity contribution is 7.91. The molecule has 0 unspecified atom stereocenters. The minimum absolute atomic E-state index is 0.0576. The minimum atomic E-state index is -4.67. The molecule has 0 atom stereocenters. The first kappa shape index (κ1) is 23.8. The van der Waals surface area contributed by atoms with Gasteiger partial charge in [-0.05, 0) is 42.3 Å². The quantitative estimate of drug-likeness (QED) is 0.678. The molecule has 3 rings (SSSR count). The summed E-state index contributed by atoms with van der Waals surface area (Å²) in [6.45, 7) is 4.24. The Balaban J connectivity index is 1.46. The van der Waals surface area contributed by atoms with Gasteiger partial charge in [0.15, 0.2) is 0 Å². The van der Waals surface area contributed by atoms with Gasteiger partial charge in [-0.2, -0.15) is 8.78 Å². The number of rotatable bonds is 7. The second-order valence-corrected chi connectivity index (χ2v) is 9.56. The SMILES string of the molecule is Cc1ccccc1CC(=O)N1CCN(CC(=O)Nc2ccc(S(=O)(=O)C(F)F)cc2)CC1. The molecule has 0 aliphatic carbocycles. The molecule has 0 bridgehead atoms. The highest BCUT2D eigenvalue weighted by Gasteiger charge is 2.26. The van der Waals surface area contributed by atoms with E-state index in [-0.39, 0.29) is 18.4 Å². The van der Waals surface area contributed by atoms with Crippen molar-refractivity contribution in [2.75, 3.05) is 38.0 Å². The lowest BCUT2D eigenvalue weighted by Crippen LogP contribution is -2.50. The summed E-state index contributed by atoms with van der Waals surface area (Å²) in [5, 5.41) is 2.63. The van der Waals surface area contributed by atoms with Gasteiger partial charge in [-0.25, -0.2) is 8.42 Å². The summed E-state index contributed by atoms with van der Waals surface area (Å²) in [7, 11) is -4.67. The molecule has 0 spiro atoms. The standard InChI is InChI=1S/C22H25F2N3O4S/c1-16-4-2-3-5-17(16)14-21(29)27-12-10-26(11-13-27)15-20(28)25-18-6-8-19(9-7-18)32(30,31)22(23)24/h2-9,22H,10-15H2,1H3,(H,25,28). The first-order chi connectivity index (χ1) is 15.2. The zero-order valence-electron chi connectivity index (χ0n) is 17.6. The summed E-state index contributed by atoms with van der Waals surface area (Å²) in [5.41, 5.74) is 2.40. The van der Waals surface area contributed by atoms with Gasteiger partial charge in [0.25, 0.3) is 0 Å². The van der Waals surface area contributed by atoms with E-state index in [0.717, 1.165) is 23.3 Å². The summed E-state index contributed by atoms with van der Waals surface area (Å²) in [4.78, 5) is 28.1. The lowest BCUT2D eigenvalue weighted by atomic mass is 10.1. The molecular formula is C22H25F2N3O4S. The van der Waals surface area contributed by atoms with E-state index in [1.165, 1.54) is 12.1 Å². The average molecular weight is 466 g/mol. The number of carbonyl (C=O) groups excluding carboxylic acids is 2. The van der Waals surface area contributed by atoms with Crippen molar-refractivity contribution in [2.24, 2.45) is 0 Å². The number of amides is 2. The molecule has 1 heterocycles. The van der Waals surface area contributed by atoms with Gasteiger partial charge in [-0.3, -0.25) is 14.5 Å². The number of carbonyl (C=O) groups is 2. The van der Waals surface area contributed by atoms with Crippen LogP contribution in [-0.2, 0) is 25.8 Å². The zero-order chi connectivity index (χ0) is 23.3. The van der Waals surface area contributed by atoms with Crippen molar-refractivity contribution in [1.29, 1.82) is 0 Å². The summed E-state index contributed by atoms with van der Waals surface area (Å²) in [6.07, 6.45) is 0.352. The molecule has 10 heteroatoms. The number of halogens is 2. The van der Waals surface area contributed by atoms with Crippen LogP contribution in [0.1, 0.15) is 11.1 Å². The maximum atomic E-state index is 12.6. The zero-order valence-corrected chi connectivity index (χ0v) is 18.4. The summed E-state index contributed by atoms with van der Waals surface area (Å²) in [5.74, 6) is -3.75. The number of benzene rings is 2. The molecule has 172 valence electrons. The Morgan fingerprint density at radius 1 is 1.00 bits per heavy atom. The van der Waals surface area contributed by atoms with Gasteiger partial charge in [0.05, 0.1) is 17.9 Å². The number of sulfone groups is 1. The van der Waals surface area contributed by atoms with Gasteiger partial charge in [0.2, 0.25) is 21.7 Å². The Hall–Kier alpha value is -2.85. The predicted octanol–water partition coefficient (Wildman–Crippen LogP) is 2.32. The molecule has 1 aliphatic rings. The molecule has 1 saturated heterocycles. The van der Waals surface area contributed by atoms with E-state index < -0.39 is 20.5 Å². The van der Waals surface area contributed by atoms with Gasteiger partial charge in [0.1, 0.15) is 0 Å². The molecule has 0 saturated carbocycles. The second-order valence-electron chi connectivity index (χ2n) is 7.64. The van der Waals surface area contributed by atoms with Gasteiger partial charge in [0, 0.05) is 31.9 Å². The van der Waals surface area contributed by atoms with Gasteiger partial charge in [-0.1, -0.05) is 24.3 Å². The third-order valence-electron chi connectivity index (χ3n) is 5.40. The topological polar surface area (TPSA) is 86.8 Å². The molecule has 7 nitrogen and oxygen atoms in total. The molecule has 0 radical (unpaired) electrons. The highest BCUT2D eigenvalue weighted by atomic mass is 32.2. The van der Waals surface area contributed by atoms with Gasteiger partial charge < -0.3 is 10.2 Å². The highest BCUT2D eigenvalue weighted by Crippen LogP contribution is 2.20. The van der Waals surface area contributed by atoms with Crippen LogP contribution in [0, 0.1) is 6.92 Å². The fourth-order valence-electron chi connectivity index (χ4n) is 3.47. The number of alkyl halides is 2. The molecule has 2 aromatic carbocycles. The Bertz CT molecular complexity index is 1070. The number of hydrogen-bond donors (Lipinski definition) is 1. The number of nitrogens with zero attached hydrogens (tertiary/aromatic N) is 2. The number of nitrogens with one attached hydrogen (secondary N) is 1. The van der Waals surface area contributed by atoms with Crippen LogP contribution in [0.4, 0.5) is 14.5 Å². The van der Waals surface area contributed by atoms with E-state index in [1.54, 1.807) is 4.90 Å². The van der Waals surface area contributed by atoms with Crippen LogP contribution in [0.15, 0.2) is 53.4 Å². The van der Waals surface area contributed by atoms with E-state index >= 15 is 0 Å². The number of hydrogen-bond acceptors (Lipinski definition) is 5. The fraction of sp³-hybridized carbons (Fsp3) is 0.364. The molecule has 1 N–H and O–H groups in total. The van der Waals surface area contributed by atoms with Crippen molar-refractivity contribution in [3.8, 4) is 0 Å². The van der Waals surface area contributed by atoms with Gasteiger partial charge in [-0.15, -0.1) is 0 Å². The lowest BCUT2D eigenvalue weighted by molar-refractivity contribution is -0.132. The third-order valence-corrected chi connectivity index (χ3v) is 6.79. The molecule has 1 aliphatic heterocycles. The maximum absolute atomic E-state index is 12.6. The van der Waals surface area contributed by atoms with Crippen LogP contribution in [0.2, 0.25) is 0 Å². The van der Waals surface area contributed by atoms with E-state index in [4.69, 9.17) is 0 Å². The molecule has 0 aromatic heterocycles. The van der Waals surface area contributed by atoms with Crippen molar-refractivity contribution in [3.05, 3.63) is 59.7 Å². The normalized spacial score (nSPS) is 15.1. The maximum Gasteiger partial charge on any atom is 0.341 e. The Kier molecular flexibility index (Phi) is 7.57. The Morgan fingerprint density at radius 3 is 2.22 bits per heavy atom. The fourth-order valence-corrected chi connectivity index (χ4v) is 4.19. The van der Waals surface area contributed by atoms with Crippen LogP contribution in [0.25, 0.3) is 0 Å². The van der Waals surface area contributed by atoms with E-state index in [9.17, 15) is 26.8 Å². The van der Waals surface area contributed by atoms with E-state index in [1.807, 2.05) is 36.1 Å². The molecule has 1 fully saturated rings. The minimum Gasteiger partial charge on any atom is -0.340 e. The van der Waals surface area contributed by atoms with E-state index in [0.29, 0.717) is 38.3 Å². The number of piperazine rings is 1. The molecule has 2 amide bonds. The molecule has 32 heavy (non-hydrogen) atoms. The molecular weight excluding hydrogens is 440 g/mol. The van der Waals surface area contributed by atoms with Crippen molar-refractivity contribution in [2.45, 2.75) is 24.0 Å². The van der Waals surface area contributed by atoms with Crippen LogP contribution in [-0.4, -0.2) is 68.5 Å². The summed E-state index contributed by atoms with van der Waals surface area (Å²) < 4.78 is 48.1. The number of aryl methyl sites for hydroxylation is 1. The number of anilines is 1. The average Bonchev–Trinajstić information content (AvgIpc) is 2.76. The lowest BCUT2D eigenvalue weighted by Gasteiger charge is -2.34. The van der Waals surface area contributed by atoms with Crippen LogP contribution in [0.3, 0.4) is 0 Å². The summed E-state index contributed by atoms with van der Waals surface area (Å²) in [6, 6.07) is 12.4. The monoisotopic (exact) mass is 465 g/mol. The van der Waals surface area contributed by atoms with Crippen molar-refractivity contribution in [3.63, 3.8) is 0 Å². The van der Waals surface area contributed by atoms with E-state index in [2.05, 4.69) is 5.32 Å². The van der Waals surface area contributed by atoms with Crippen molar-refractivity contribution >= 4 is 27.3 Å². The van der Waals surface area contributed by atoms with Crippen LogP contribution < -0.4 is 5.32 Å². The van der Waals surface area contributed by atoms with Crippen LogP contribution in [0.5, 0.6) is 0 Å². The van der Waals surface area contributed by atoms with Gasteiger partial charge >= 0.3 is 5.76 Å². The largest absolute Gasteiger partial charge is 0.341 e. The smallest absolute Gasteiger partial charge is 0.340 e. The third kappa shape index (κ3) is 5.89. The Labute approximate surface area is 185 Å². The first-order valence-corrected chi connectivity index (χ1v) is 11.7.